The van der Waals surface area contributed by atoms with Crippen LogP contribution in [-0.4, -0.2) is 49.8 Å². The SMILES string of the molecule is CC(C)[C@H]1CCO[C@H]1C(=O)N1CCn2c(nnc2-c2cccnc2)C1. The lowest BCUT2D eigenvalue weighted by Crippen LogP contribution is -2.46. The molecule has 0 bridgehead atoms. The lowest BCUT2D eigenvalue weighted by Gasteiger charge is -2.32. The topological polar surface area (TPSA) is 73.1 Å². The van der Waals surface area contributed by atoms with Gasteiger partial charge in [-0.2, -0.15) is 0 Å². The fourth-order valence-corrected chi connectivity index (χ4v) is 3.78. The Balaban J connectivity index is 1.52. The first-order valence-electron chi connectivity index (χ1n) is 8.88. The maximum atomic E-state index is 12.9. The van der Waals surface area contributed by atoms with E-state index in [4.69, 9.17) is 4.74 Å². The molecule has 0 N–H and O–H groups in total. The van der Waals surface area contributed by atoms with Crippen LogP contribution in [0.1, 0.15) is 26.1 Å². The van der Waals surface area contributed by atoms with E-state index < -0.39 is 0 Å². The van der Waals surface area contributed by atoms with Crippen molar-refractivity contribution in [1.82, 2.24) is 24.6 Å². The van der Waals surface area contributed by atoms with Crippen LogP contribution < -0.4 is 0 Å². The second-order valence-corrected chi connectivity index (χ2v) is 7.08. The minimum atomic E-state index is -0.313. The van der Waals surface area contributed by atoms with E-state index >= 15 is 0 Å². The van der Waals surface area contributed by atoms with Crippen LogP contribution >= 0.6 is 0 Å². The van der Waals surface area contributed by atoms with Gasteiger partial charge >= 0.3 is 0 Å². The summed E-state index contributed by atoms with van der Waals surface area (Å²) >= 11 is 0. The van der Waals surface area contributed by atoms with Gasteiger partial charge in [-0.3, -0.25) is 9.78 Å². The predicted octanol–water partition coefficient (Wildman–Crippen LogP) is 1.74. The highest BCUT2D eigenvalue weighted by molar-refractivity contribution is 5.81. The fraction of sp³-hybridized carbons (Fsp3) is 0.556. The van der Waals surface area contributed by atoms with Gasteiger partial charge in [0.15, 0.2) is 11.6 Å². The molecule has 2 aliphatic heterocycles. The Labute approximate surface area is 147 Å². The smallest absolute Gasteiger partial charge is 0.252 e. The number of carbonyl (C=O) groups excluding carboxylic acids is 1. The number of amides is 1. The Morgan fingerprint density at radius 3 is 2.96 bits per heavy atom. The van der Waals surface area contributed by atoms with Gasteiger partial charge in [0.25, 0.3) is 5.91 Å². The molecule has 2 aliphatic rings. The summed E-state index contributed by atoms with van der Waals surface area (Å²) in [5.41, 5.74) is 0.944. The molecule has 1 fully saturated rings. The maximum Gasteiger partial charge on any atom is 0.252 e. The molecule has 0 aromatic carbocycles. The Kier molecular flexibility index (Phi) is 4.25. The molecule has 7 heteroatoms. The second kappa shape index (κ2) is 6.55. The number of rotatable bonds is 3. The molecule has 0 aliphatic carbocycles. The van der Waals surface area contributed by atoms with E-state index in [-0.39, 0.29) is 12.0 Å². The summed E-state index contributed by atoms with van der Waals surface area (Å²) < 4.78 is 7.84. The van der Waals surface area contributed by atoms with Crippen LogP contribution in [0.4, 0.5) is 0 Å². The average molecular weight is 341 g/mol. The van der Waals surface area contributed by atoms with E-state index in [2.05, 4.69) is 33.6 Å². The van der Waals surface area contributed by atoms with Crippen LogP contribution in [-0.2, 0) is 22.6 Å². The van der Waals surface area contributed by atoms with Crippen molar-refractivity contribution in [2.75, 3.05) is 13.2 Å². The van der Waals surface area contributed by atoms with Gasteiger partial charge in [-0.25, -0.2) is 0 Å². The molecule has 132 valence electrons. The summed E-state index contributed by atoms with van der Waals surface area (Å²) in [7, 11) is 0. The molecular weight excluding hydrogens is 318 g/mol. The third-order valence-electron chi connectivity index (χ3n) is 5.22. The van der Waals surface area contributed by atoms with Crippen LogP contribution in [0.5, 0.6) is 0 Å². The number of ether oxygens (including phenoxy) is 1. The Bertz CT molecular complexity index is 758. The Hall–Kier alpha value is -2.28. The summed E-state index contributed by atoms with van der Waals surface area (Å²) in [5, 5.41) is 8.60. The maximum absolute atomic E-state index is 12.9. The molecular formula is C18H23N5O2. The van der Waals surface area contributed by atoms with Gasteiger partial charge in [-0.05, 0) is 30.4 Å². The molecule has 4 heterocycles. The van der Waals surface area contributed by atoms with E-state index in [0.29, 0.717) is 38.1 Å². The third kappa shape index (κ3) is 2.93. The van der Waals surface area contributed by atoms with Crippen molar-refractivity contribution >= 4 is 5.91 Å². The largest absolute Gasteiger partial charge is 0.368 e. The normalized spacial score (nSPS) is 23.1. The molecule has 0 radical (unpaired) electrons. The average Bonchev–Trinajstić information content (AvgIpc) is 3.28. The van der Waals surface area contributed by atoms with E-state index in [9.17, 15) is 4.79 Å². The zero-order chi connectivity index (χ0) is 17.4. The highest BCUT2D eigenvalue weighted by Gasteiger charge is 2.39. The molecule has 2 aromatic heterocycles. The second-order valence-electron chi connectivity index (χ2n) is 7.08. The Morgan fingerprint density at radius 2 is 2.20 bits per heavy atom. The van der Waals surface area contributed by atoms with Crippen molar-refractivity contribution in [3.05, 3.63) is 30.4 Å². The summed E-state index contributed by atoms with van der Waals surface area (Å²) in [5.74, 6) is 2.47. The van der Waals surface area contributed by atoms with Gasteiger partial charge in [0.1, 0.15) is 6.10 Å². The monoisotopic (exact) mass is 341 g/mol. The van der Waals surface area contributed by atoms with E-state index in [1.807, 2.05) is 17.0 Å². The molecule has 0 spiro atoms. The first kappa shape index (κ1) is 16.2. The summed E-state index contributed by atoms with van der Waals surface area (Å²) in [6.07, 6.45) is 4.18. The van der Waals surface area contributed by atoms with Gasteiger partial charge in [0, 0.05) is 37.7 Å². The molecule has 4 rings (SSSR count). The number of nitrogens with zero attached hydrogens (tertiary/aromatic N) is 5. The van der Waals surface area contributed by atoms with Crippen LogP contribution in [0.2, 0.25) is 0 Å². The van der Waals surface area contributed by atoms with Crippen molar-refractivity contribution in [1.29, 1.82) is 0 Å². The van der Waals surface area contributed by atoms with E-state index in [0.717, 1.165) is 23.6 Å². The molecule has 25 heavy (non-hydrogen) atoms. The standard InChI is InChI=1S/C18H23N5O2/c1-12(2)14-5-9-25-16(14)18(24)22-7-8-23-15(11-22)20-21-17(23)13-4-3-6-19-10-13/h3-4,6,10,12,14,16H,5,7-9,11H2,1-2H3/t14-,16-/m1/s1. The fourth-order valence-electron chi connectivity index (χ4n) is 3.78. The van der Waals surface area contributed by atoms with Crippen LogP contribution in [0, 0.1) is 11.8 Å². The van der Waals surface area contributed by atoms with Gasteiger partial charge in [0.2, 0.25) is 0 Å². The number of aromatic nitrogens is 4. The van der Waals surface area contributed by atoms with Gasteiger partial charge in [0.05, 0.1) is 6.54 Å². The highest BCUT2D eigenvalue weighted by Crippen LogP contribution is 2.30. The van der Waals surface area contributed by atoms with Crippen LogP contribution in [0.3, 0.4) is 0 Å². The highest BCUT2D eigenvalue weighted by atomic mass is 16.5. The van der Waals surface area contributed by atoms with E-state index in [1.165, 1.54) is 0 Å². The van der Waals surface area contributed by atoms with Crippen molar-refractivity contribution in [2.24, 2.45) is 11.8 Å². The first-order chi connectivity index (χ1) is 12.1. The van der Waals surface area contributed by atoms with Crippen LogP contribution in [0.25, 0.3) is 11.4 Å². The minimum Gasteiger partial charge on any atom is -0.368 e. The zero-order valence-corrected chi connectivity index (χ0v) is 14.6. The van der Waals surface area contributed by atoms with Crippen molar-refractivity contribution in [3.8, 4) is 11.4 Å². The number of pyridine rings is 1. The lowest BCUT2D eigenvalue weighted by molar-refractivity contribution is -0.145. The quantitative estimate of drug-likeness (QED) is 0.850. The van der Waals surface area contributed by atoms with E-state index in [1.54, 1.807) is 12.4 Å². The molecule has 1 saturated heterocycles. The number of hydrogen-bond acceptors (Lipinski definition) is 5. The minimum absolute atomic E-state index is 0.0911. The lowest BCUT2D eigenvalue weighted by atomic mass is 9.89. The molecule has 0 unspecified atom stereocenters. The summed E-state index contributed by atoms with van der Waals surface area (Å²) in [6.45, 7) is 6.82. The number of hydrogen-bond donors (Lipinski definition) is 0. The Morgan fingerprint density at radius 1 is 1.32 bits per heavy atom. The zero-order valence-electron chi connectivity index (χ0n) is 14.6. The third-order valence-corrected chi connectivity index (χ3v) is 5.22. The van der Waals surface area contributed by atoms with Crippen LogP contribution in [0.15, 0.2) is 24.5 Å². The number of fused-ring (bicyclic) bond motifs is 1. The van der Waals surface area contributed by atoms with Crippen molar-refractivity contribution in [3.63, 3.8) is 0 Å². The molecule has 0 saturated carbocycles. The molecule has 7 nitrogen and oxygen atoms in total. The van der Waals surface area contributed by atoms with Gasteiger partial charge < -0.3 is 14.2 Å². The van der Waals surface area contributed by atoms with Crippen molar-refractivity contribution < 1.29 is 9.53 Å². The number of carbonyl (C=O) groups is 1. The predicted molar refractivity (Wildman–Crippen MR) is 91.4 cm³/mol. The molecule has 2 aromatic rings. The van der Waals surface area contributed by atoms with Gasteiger partial charge in [-0.1, -0.05) is 13.8 Å². The summed E-state index contributed by atoms with van der Waals surface area (Å²) in [6, 6.07) is 3.86. The van der Waals surface area contributed by atoms with Gasteiger partial charge in [-0.15, -0.1) is 10.2 Å². The van der Waals surface area contributed by atoms with Crippen molar-refractivity contribution in [2.45, 2.75) is 39.5 Å². The molecule has 1 amide bonds. The summed E-state index contributed by atoms with van der Waals surface area (Å²) in [4.78, 5) is 18.9. The molecule has 2 atom stereocenters. The first-order valence-corrected chi connectivity index (χ1v) is 8.88.